The van der Waals surface area contributed by atoms with Gasteiger partial charge in [-0.1, -0.05) is 17.7 Å². The highest BCUT2D eigenvalue weighted by atomic mass is 35.5. The minimum Gasteiger partial charge on any atom is -0.468 e. The second-order valence-electron chi connectivity index (χ2n) is 4.76. The first-order valence-corrected chi connectivity index (χ1v) is 8.04. The van der Waals surface area contributed by atoms with Crippen molar-refractivity contribution in [1.29, 1.82) is 0 Å². The Labute approximate surface area is 123 Å². The number of esters is 1. The van der Waals surface area contributed by atoms with Crippen molar-refractivity contribution in [3.63, 3.8) is 0 Å². The first-order chi connectivity index (χ1) is 9.36. The lowest BCUT2D eigenvalue weighted by Gasteiger charge is -2.22. The fraction of sp³-hybridized carbons (Fsp3) is 0.462. The molecule has 1 saturated heterocycles. The van der Waals surface area contributed by atoms with Gasteiger partial charge in [-0.25, -0.2) is 8.42 Å². The average molecular weight is 318 g/mol. The molecule has 2 atom stereocenters. The summed E-state index contributed by atoms with van der Waals surface area (Å²) in [5.41, 5.74) is 0.963. The van der Waals surface area contributed by atoms with Gasteiger partial charge in [0.1, 0.15) is 6.04 Å². The van der Waals surface area contributed by atoms with Crippen LogP contribution in [-0.2, 0) is 19.6 Å². The second kappa shape index (κ2) is 5.71. The van der Waals surface area contributed by atoms with E-state index in [1.807, 2.05) is 6.92 Å². The molecular formula is C13H16ClNO4S. The zero-order valence-corrected chi connectivity index (χ0v) is 12.8. The molecule has 0 saturated carbocycles. The normalized spacial score (nSPS) is 23.8. The molecule has 5 nitrogen and oxygen atoms in total. The molecule has 1 aromatic carbocycles. The van der Waals surface area contributed by atoms with E-state index in [1.54, 1.807) is 12.1 Å². The molecule has 0 aromatic heterocycles. The maximum absolute atomic E-state index is 12.6. The molecule has 110 valence electrons. The molecule has 0 amide bonds. The number of halogens is 1. The van der Waals surface area contributed by atoms with E-state index in [-0.39, 0.29) is 23.2 Å². The Kier molecular flexibility index (Phi) is 4.36. The largest absolute Gasteiger partial charge is 0.468 e. The van der Waals surface area contributed by atoms with Gasteiger partial charge in [-0.05, 0) is 25.5 Å². The van der Waals surface area contributed by atoms with Crippen molar-refractivity contribution in [3.05, 3.63) is 29.8 Å². The van der Waals surface area contributed by atoms with Crippen LogP contribution in [0.4, 0.5) is 0 Å². The lowest BCUT2D eigenvalue weighted by Crippen LogP contribution is -2.41. The molecule has 20 heavy (non-hydrogen) atoms. The Morgan fingerprint density at radius 3 is 2.50 bits per heavy atom. The summed E-state index contributed by atoms with van der Waals surface area (Å²) in [4.78, 5) is 11.9. The van der Waals surface area contributed by atoms with Crippen LogP contribution < -0.4 is 0 Å². The molecule has 7 heteroatoms. The maximum atomic E-state index is 12.6. The standard InChI is InChI=1S/C13H16ClNO4S/c1-9-3-5-11(6-4-9)20(17,18)15-8-10(14)7-12(15)13(16)19-2/h3-6,10,12H,7-8H2,1-2H3. The highest BCUT2D eigenvalue weighted by Crippen LogP contribution is 2.29. The van der Waals surface area contributed by atoms with E-state index in [0.717, 1.165) is 9.87 Å². The summed E-state index contributed by atoms with van der Waals surface area (Å²) in [5.74, 6) is -0.580. The highest BCUT2D eigenvalue weighted by Gasteiger charge is 2.43. The van der Waals surface area contributed by atoms with Gasteiger partial charge in [-0.3, -0.25) is 4.79 Å². The number of hydrogen-bond acceptors (Lipinski definition) is 4. The Morgan fingerprint density at radius 2 is 1.95 bits per heavy atom. The molecule has 0 N–H and O–H groups in total. The molecule has 1 fully saturated rings. The fourth-order valence-electron chi connectivity index (χ4n) is 2.22. The number of hydrogen-bond donors (Lipinski definition) is 0. The quantitative estimate of drug-likeness (QED) is 0.626. The summed E-state index contributed by atoms with van der Waals surface area (Å²) in [5, 5.41) is -0.390. The maximum Gasteiger partial charge on any atom is 0.324 e. The molecule has 0 spiro atoms. The van der Waals surface area contributed by atoms with Crippen molar-refractivity contribution in [1.82, 2.24) is 4.31 Å². The number of ether oxygens (including phenoxy) is 1. The number of methoxy groups -OCH3 is 1. The fourth-order valence-corrected chi connectivity index (χ4v) is 4.25. The Balaban J connectivity index is 2.37. The summed E-state index contributed by atoms with van der Waals surface area (Å²) in [6.45, 7) is 1.98. The van der Waals surface area contributed by atoms with Crippen LogP contribution in [0.1, 0.15) is 12.0 Å². The summed E-state index contributed by atoms with van der Waals surface area (Å²) in [6.07, 6.45) is 0.263. The summed E-state index contributed by atoms with van der Waals surface area (Å²) < 4.78 is 30.9. The third-order valence-corrected chi connectivity index (χ3v) is 5.51. The van der Waals surface area contributed by atoms with Gasteiger partial charge in [0.15, 0.2) is 0 Å². The predicted octanol–water partition coefficient (Wildman–Crippen LogP) is 1.54. The van der Waals surface area contributed by atoms with E-state index in [0.29, 0.717) is 0 Å². The van der Waals surface area contributed by atoms with Gasteiger partial charge < -0.3 is 4.74 Å². The van der Waals surface area contributed by atoms with Crippen molar-refractivity contribution in [2.45, 2.75) is 29.7 Å². The number of rotatable bonds is 3. The van der Waals surface area contributed by atoms with Crippen LogP contribution in [0.15, 0.2) is 29.2 Å². The number of carbonyl (C=O) groups excluding carboxylic acids is 1. The van der Waals surface area contributed by atoms with E-state index < -0.39 is 22.0 Å². The molecule has 1 aromatic rings. The second-order valence-corrected chi connectivity index (χ2v) is 7.27. The summed E-state index contributed by atoms with van der Waals surface area (Å²) in [7, 11) is -2.51. The molecule has 0 bridgehead atoms. The zero-order valence-electron chi connectivity index (χ0n) is 11.2. The summed E-state index contributed by atoms with van der Waals surface area (Å²) in [6, 6.07) is 5.64. The van der Waals surface area contributed by atoms with E-state index in [2.05, 4.69) is 4.74 Å². The SMILES string of the molecule is COC(=O)C1CC(Cl)CN1S(=O)(=O)c1ccc(C)cc1. The smallest absolute Gasteiger partial charge is 0.324 e. The highest BCUT2D eigenvalue weighted by molar-refractivity contribution is 7.89. The van der Waals surface area contributed by atoms with Crippen LogP contribution in [0.25, 0.3) is 0 Å². The Morgan fingerprint density at radius 1 is 1.35 bits per heavy atom. The average Bonchev–Trinajstić information content (AvgIpc) is 2.81. The Bertz CT molecular complexity index is 599. The van der Waals surface area contributed by atoms with E-state index in [4.69, 9.17) is 11.6 Å². The van der Waals surface area contributed by atoms with Crippen molar-refractivity contribution in [3.8, 4) is 0 Å². The molecule has 1 aliphatic heterocycles. The molecule has 1 heterocycles. The first-order valence-electron chi connectivity index (χ1n) is 6.16. The van der Waals surface area contributed by atoms with Crippen LogP contribution in [0.5, 0.6) is 0 Å². The predicted molar refractivity (Wildman–Crippen MR) is 75.1 cm³/mol. The zero-order chi connectivity index (χ0) is 14.9. The monoisotopic (exact) mass is 317 g/mol. The van der Waals surface area contributed by atoms with Gasteiger partial charge in [0.25, 0.3) is 0 Å². The van der Waals surface area contributed by atoms with Gasteiger partial charge in [0, 0.05) is 11.9 Å². The number of benzene rings is 1. The van der Waals surface area contributed by atoms with E-state index in [1.165, 1.54) is 19.2 Å². The number of carbonyl (C=O) groups is 1. The van der Waals surface area contributed by atoms with Gasteiger partial charge >= 0.3 is 5.97 Å². The van der Waals surface area contributed by atoms with Crippen molar-refractivity contribution >= 4 is 27.6 Å². The topological polar surface area (TPSA) is 63.7 Å². The molecule has 2 rings (SSSR count). The molecule has 2 unspecified atom stereocenters. The van der Waals surface area contributed by atoms with Crippen LogP contribution in [0.3, 0.4) is 0 Å². The number of alkyl halides is 1. The van der Waals surface area contributed by atoms with Crippen molar-refractivity contribution < 1.29 is 17.9 Å². The number of aryl methyl sites for hydroxylation is 1. The van der Waals surface area contributed by atoms with E-state index >= 15 is 0 Å². The van der Waals surface area contributed by atoms with Gasteiger partial charge in [-0.15, -0.1) is 11.6 Å². The lowest BCUT2D eigenvalue weighted by molar-refractivity contribution is -0.144. The van der Waals surface area contributed by atoms with Crippen LogP contribution in [0, 0.1) is 6.92 Å². The molecule has 1 aliphatic rings. The van der Waals surface area contributed by atoms with E-state index in [9.17, 15) is 13.2 Å². The number of nitrogens with zero attached hydrogens (tertiary/aromatic N) is 1. The van der Waals surface area contributed by atoms with Crippen LogP contribution in [-0.4, -0.2) is 43.8 Å². The minimum absolute atomic E-state index is 0.109. The van der Waals surface area contributed by atoms with Gasteiger partial charge in [0.2, 0.25) is 10.0 Å². The number of sulfonamides is 1. The van der Waals surface area contributed by atoms with Gasteiger partial charge in [0.05, 0.1) is 12.0 Å². The third kappa shape index (κ3) is 2.82. The van der Waals surface area contributed by atoms with Gasteiger partial charge in [-0.2, -0.15) is 4.31 Å². The van der Waals surface area contributed by atoms with Crippen molar-refractivity contribution in [2.75, 3.05) is 13.7 Å². The first kappa shape index (κ1) is 15.3. The lowest BCUT2D eigenvalue weighted by atomic mass is 10.2. The molecular weight excluding hydrogens is 302 g/mol. The molecule has 0 aliphatic carbocycles. The van der Waals surface area contributed by atoms with Crippen molar-refractivity contribution in [2.24, 2.45) is 0 Å². The van der Waals surface area contributed by atoms with Crippen LogP contribution >= 0.6 is 11.6 Å². The third-order valence-electron chi connectivity index (χ3n) is 3.31. The minimum atomic E-state index is -3.74. The Hall–Kier alpha value is -1.11. The summed E-state index contributed by atoms with van der Waals surface area (Å²) >= 11 is 6.01. The van der Waals surface area contributed by atoms with Crippen LogP contribution in [0.2, 0.25) is 0 Å². The molecule has 0 radical (unpaired) electrons.